The van der Waals surface area contributed by atoms with Gasteiger partial charge in [0, 0.05) is 63.8 Å². The Bertz CT molecular complexity index is 499. The molecule has 0 amide bonds. The molecule has 6 heteroatoms. The van der Waals surface area contributed by atoms with Gasteiger partial charge >= 0.3 is 0 Å². The molecule has 1 N–H and O–H groups in total. The number of ether oxygens (including phenoxy) is 1. The van der Waals surface area contributed by atoms with Crippen molar-refractivity contribution in [3.05, 3.63) is 18.0 Å². The van der Waals surface area contributed by atoms with Crippen molar-refractivity contribution >= 4 is 5.95 Å². The molecule has 24 heavy (non-hydrogen) atoms. The van der Waals surface area contributed by atoms with Gasteiger partial charge in [0.2, 0.25) is 5.95 Å². The average Bonchev–Trinajstić information content (AvgIpc) is 3.05. The first-order chi connectivity index (χ1) is 11.6. The van der Waals surface area contributed by atoms with Crippen molar-refractivity contribution in [2.75, 3.05) is 51.3 Å². The maximum atomic E-state index is 5.85. The van der Waals surface area contributed by atoms with E-state index in [4.69, 9.17) is 4.74 Å². The molecule has 0 aromatic carbocycles. The SMILES string of the molecule is CC(C)[C@H]1OCC[C@@H]1CNCc1cnc(N2CCN(C)CC2)nc1. The fourth-order valence-corrected chi connectivity index (χ4v) is 3.62. The van der Waals surface area contributed by atoms with Crippen LogP contribution in [0, 0.1) is 11.8 Å². The molecule has 6 nitrogen and oxygen atoms in total. The summed E-state index contributed by atoms with van der Waals surface area (Å²) in [7, 11) is 2.16. The maximum Gasteiger partial charge on any atom is 0.225 e. The number of nitrogens with one attached hydrogen (secondary N) is 1. The van der Waals surface area contributed by atoms with Crippen LogP contribution >= 0.6 is 0 Å². The van der Waals surface area contributed by atoms with Crippen LogP contribution in [0.15, 0.2) is 12.4 Å². The quantitative estimate of drug-likeness (QED) is 0.849. The summed E-state index contributed by atoms with van der Waals surface area (Å²) >= 11 is 0. The zero-order chi connectivity index (χ0) is 16.9. The lowest BCUT2D eigenvalue weighted by atomic mass is 9.93. The summed E-state index contributed by atoms with van der Waals surface area (Å²) in [4.78, 5) is 13.7. The lowest BCUT2D eigenvalue weighted by Crippen LogP contribution is -2.45. The second kappa shape index (κ2) is 8.23. The van der Waals surface area contributed by atoms with Crippen LogP contribution in [0.4, 0.5) is 5.95 Å². The van der Waals surface area contributed by atoms with Gasteiger partial charge in [-0.05, 0) is 25.3 Å². The monoisotopic (exact) mass is 333 g/mol. The zero-order valence-corrected chi connectivity index (χ0v) is 15.2. The molecule has 2 aliphatic rings. The Labute approximate surface area is 145 Å². The third kappa shape index (κ3) is 4.43. The van der Waals surface area contributed by atoms with E-state index in [9.17, 15) is 0 Å². The first-order valence-electron chi connectivity index (χ1n) is 9.20. The summed E-state index contributed by atoms with van der Waals surface area (Å²) in [6.45, 7) is 11.4. The number of likely N-dealkylation sites (N-methyl/N-ethyl adjacent to an activating group) is 1. The van der Waals surface area contributed by atoms with Gasteiger partial charge in [-0.15, -0.1) is 0 Å². The van der Waals surface area contributed by atoms with E-state index in [-0.39, 0.29) is 0 Å². The molecule has 3 heterocycles. The van der Waals surface area contributed by atoms with Crippen molar-refractivity contribution in [2.24, 2.45) is 11.8 Å². The molecule has 0 bridgehead atoms. The fourth-order valence-electron chi connectivity index (χ4n) is 3.62. The van der Waals surface area contributed by atoms with Gasteiger partial charge < -0.3 is 19.9 Å². The van der Waals surface area contributed by atoms with E-state index in [1.54, 1.807) is 0 Å². The molecule has 3 rings (SSSR count). The van der Waals surface area contributed by atoms with Crippen LogP contribution in [0.3, 0.4) is 0 Å². The Hall–Kier alpha value is -1.24. The van der Waals surface area contributed by atoms with Gasteiger partial charge in [0.25, 0.3) is 0 Å². The van der Waals surface area contributed by atoms with Gasteiger partial charge in [-0.25, -0.2) is 9.97 Å². The van der Waals surface area contributed by atoms with Crippen LogP contribution in [0.1, 0.15) is 25.8 Å². The van der Waals surface area contributed by atoms with Crippen LogP contribution in [0.2, 0.25) is 0 Å². The fraction of sp³-hybridized carbons (Fsp3) is 0.778. The number of anilines is 1. The topological polar surface area (TPSA) is 53.5 Å². The van der Waals surface area contributed by atoms with Crippen LogP contribution in [-0.2, 0) is 11.3 Å². The molecule has 2 saturated heterocycles. The summed E-state index contributed by atoms with van der Waals surface area (Å²) in [5, 5.41) is 3.55. The predicted molar refractivity (Wildman–Crippen MR) is 96.1 cm³/mol. The predicted octanol–water partition coefficient (Wildman–Crippen LogP) is 1.38. The first kappa shape index (κ1) is 17.6. The number of nitrogens with zero attached hydrogens (tertiary/aromatic N) is 4. The normalized spacial score (nSPS) is 25.6. The van der Waals surface area contributed by atoms with Gasteiger partial charge in [-0.2, -0.15) is 0 Å². The lowest BCUT2D eigenvalue weighted by Gasteiger charge is -2.32. The molecule has 0 aliphatic carbocycles. The van der Waals surface area contributed by atoms with E-state index in [0.717, 1.165) is 63.8 Å². The van der Waals surface area contributed by atoms with E-state index >= 15 is 0 Å². The molecule has 2 fully saturated rings. The smallest absolute Gasteiger partial charge is 0.225 e. The Morgan fingerprint density at radius 1 is 1.21 bits per heavy atom. The minimum absolute atomic E-state index is 0.397. The van der Waals surface area contributed by atoms with Crippen molar-refractivity contribution in [3.63, 3.8) is 0 Å². The molecular weight excluding hydrogens is 302 g/mol. The summed E-state index contributed by atoms with van der Waals surface area (Å²) in [5.41, 5.74) is 1.15. The van der Waals surface area contributed by atoms with Crippen LogP contribution < -0.4 is 10.2 Å². The standard InChI is InChI=1S/C18H31N5O/c1-14(2)17-16(4-9-24-17)13-19-10-15-11-20-18(21-12-15)23-7-5-22(3)6-8-23/h11-12,14,16-17,19H,4-10,13H2,1-3H3/t16-,17-/m1/s1. The van der Waals surface area contributed by atoms with Gasteiger partial charge in [-0.3, -0.25) is 0 Å². The highest BCUT2D eigenvalue weighted by Crippen LogP contribution is 2.26. The third-order valence-corrected chi connectivity index (χ3v) is 5.13. The molecule has 2 atom stereocenters. The zero-order valence-electron chi connectivity index (χ0n) is 15.2. The van der Waals surface area contributed by atoms with Gasteiger partial charge in [-0.1, -0.05) is 13.8 Å². The highest BCUT2D eigenvalue weighted by molar-refractivity contribution is 5.30. The highest BCUT2D eigenvalue weighted by Gasteiger charge is 2.30. The maximum absolute atomic E-state index is 5.85. The molecule has 0 saturated carbocycles. The molecule has 1 aromatic rings. The molecule has 2 aliphatic heterocycles. The number of hydrogen-bond donors (Lipinski definition) is 1. The summed E-state index contributed by atoms with van der Waals surface area (Å²) in [6.07, 6.45) is 5.47. The average molecular weight is 333 g/mol. The van der Waals surface area contributed by atoms with Crippen molar-refractivity contribution < 1.29 is 4.74 Å². The first-order valence-corrected chi connectivity index (χ1v) is 9.20. The summed E-state index contributed by atoms with van der Waals surface area (Å²) in [6, 6.07) is 0. The van der Waals surface area contributed by atoms with E-state index in [1.165, 1.54) is 0 Å². The highest BCUT2D eigenvalue weighted by atomic mass is 16.5. The third-order valence-electron chi connectivity index (χ3n) is 5.13. The molecule has 0 spiro atoms. The van der Waals surface area contributed by atoms with Gasteiger partial charge in [0.05, 0.1) is 6.10 Å². The number of hydrogen-bond acceptors (Lipinski definition) is 6. The Morgan fingerprint density at radius 2 is 1.92 bits per heavy atom. The van der Waals surface area contributed by atoms with E-state index in [2.05, 4.69) is 46.0 Å². The molecule has 0 radical (unpaired) electrons. The van der Waals surface area contributed by atoms with Crippen molar-refractivity contribution in [3.8, 4) is 0 Å². The molecular formula is C18H31N5O. The Balaban J connectivity index is 1.45. The largest absolute Gasteiger partial charge is 0.378 e. The van der Waals surface area contributed by atoms with Crippen molar-refractivity contribution in [1.82, 2.24) is 20.2 Å². The number of rotatable bonds is 6. The van der Waals surface area contributed by atoms with Gasteiger partial charge in [0.15, 0.2) is 0 Å². The van der Waals surface area contributed by atoms with Crippen LogP contribution in [0.5, 0.6) is 0 Å². The summed E-state index contributed by atoms with van der Waals surface area (Å²) < 4.78 is 5.85. The van der Waals surface area contributed by atoms with Crippen LogP contribution in [-0.4, -0.2) is 67.4 Å². The van der Waals surface area contributed by atoms with E-state index in [1.807, 2.05) is 12.4 Å². The number of aromatic nitrogens is 2. The van der Waals surface area contributed by atoms with E-state index in [0.29, 0.717) is 17.9 Å². The van der Waals surface area contributed by atoms with Crippen molar-refractivity contribution in [1.29, 1.82) is 0 Å². The lowest BCUT2D eigenvalue weighted by molar-refractivity contribution is 0.0539. The second-order valence-corrected chi connectivity index (χ2v) is 7.44. The van der Waals surface area contributed by atoms with Gasteiger partial charge in [0.1, 0.15) is 0 Å². The molecule has 1 aromatic heterocycles. The Kier molecular flexibility index (Phi) is 6.03. The summed E-state index contributed by atoms with van der Waals surface area (Å²) in [5.74, 6) is 2.07. The van der Waals surface area contributed by atoms with E-state index < -0.39 is 0 Å². The Morgan fingerprint density at radius 3 is 2.58 bits per heavy atom. The van der Waals surface area contributed by atoms with Crippen molar-refractivity contribution in [2.45, 2.75) is 32.9 Å². The molecule has 0 unspecified atom stereocenters. The second-order valence-electron chi connectivity index (χ2n) is 7.44. The molecule has 134 valence electrons. The minimum Gasteiger partial charge on any atom is -0.378 e. The van der Waals surface area contributed by atoms with Crippen LogP contribution in [0.25, 0.3) is 0 Å². The number of piperazine rings is 1. The minimum atomic E-state index is 0.397.